The fourth-order valence-electron chi connectivity index (χ4n) is 1.27. The van der Waals surface area contributed by atoms with Crippen molar-refractivity contribution in [1.29, 1.82) is 0 Å². The number of hydrogen-bond acceptors (Lipinski definition) is 2. The second-order valence-electron chi connectivity index (χ2n) is 2.91. The van der Waals surface area contributed by atoms with Gasteiger partial charge in [-0.25, -0.2) is 8.78 Å². The summed E-state index contributed by atoms with van der Waals surface area (Å²) >= 11 is 0. The highest BCUT2D eigenvalue weighted by Crippen LogP contribution is 2.29. The number of alkyl halides is 2. The van der Waals surface area contributed by atoms with Crippen LogP contribution in [-0.4, -0.2) is 14.2 Å². The average Bonchev–Trinajstić information content (AvgIpc) is 2.18. The van der Waals surface area contributed by atoms with Crippen LogP contribution in [0.5, 0.6) is 5.75 Å². The van der Waals surface area contributed by atoms with Crippen molar-refractivity contribution in [3.8, 4) is 5.75 Å². The molecule has 0 fully saturated rings. The molecule has 1 rings (SSSR count). The van der Waals surface area contributed by atoms with Crippen molar-refractivity contribution in [1.82, 2.24) is 5.32 Å². The molecule has 0 saturated heterocycles. The zero-order valence-corrected chi connectivity index (χ0v) is 8.18. The zero-order chi connectivity index (χ0) is 10.6. The second kappa shape index (κ2) is 4.91. The largest absolute Gasteiger partial charge is 0.496 e. The van der Waals surface area contributed by atoms with E-state index in [1.807, 2.05) is 0 Å². The molecule has 1 N–H and O–H groups in total. The number of methoxy groups -OCH3 is 1. The first-order chi connectivity index (χ1) is 6.69. The third kappa shape index (κ3) is 2.42. The summed E-state index contributed by atoms with van der Waals surface area (Å²) in [6.07, 6.45) is -2.50. The predicted octanol–water partition coefficient (Wildman–Crippen LogP) is 2.35. The SMILES string of the molecule is CNCc1ccc(OC)c(C(F)F)c1. The highest BCUT2D eigenvalue weighted by molar-refractivity contribution is 5.38. The van der Waals surface area contributed by atoms with Gasteiger partial charge < -0.3 is 10.1 Å². The Kier molecular flexibility index (Phi) is 3.83. The molecule has 2 nitrogen and oxygen atoms in total. The Morgan fingerprint density at radius 3 is 2.64 bits per heavy atom. The van der Waals surface area contributed by atoms with E-state index in [-0.39, 0.29) is 11.3 Å². The molecule has 0 aliphatic rings. The molecule has 0 aromatic heterocycles. The summed E-state index contributed by atoms with van der Waals surface area (Å²) < 4.78 is 29.9. The van der Waals surface area contributed by atoms with Crippen molar-refractivity contribution in [3.05, 3.63) is 29.3 Å². The van der Waals surface area contributed by atoms with Crippen LogP contribution in [0.4, 0.5) is 8.78 Å². The maximum atomic E-state index is 12.5. The smallest absolute Gasteiger partial charge is 0.267 e. The van der Waals surface area contributed by atoms with E-state index >= 15 is 0 Å². The summed E-state index contributed by atoms with van der Waals surface area (Å²) in [6, 6.07) is 4.79. The quantitative estimate of drug-likeness (QED) is 0.807. The molecular formula is C10H13F2NO. The fraction of sp³-hybridized carbons (Fsp3) is 0.400. The number of hydrogen-bond donors (Lipinski definition) is 1. The van der Waals surface area contributed by atoms with Gasteiger partial charge >= 0.3 is 0 Å². The van der Waals surface area contributed by atoms with Gasteiger partial charge in [-0.2, -0.15) is 0 Å². The van der Waals surface area contributed by atoms with Gasteiger partial charge in [0.05, 0.1) is 12.7 Å². The van der Waals surface area contributed by atoms with Gasteiger partial charge in [0.1, 0.15) is 5.75 Å². The molecule has 0 radical (unpaired) electrons. The zero-order valence-electron chi connectivity index (χ0n) is 8.18. The Bertz CT molecular complexity index is 302. The van der Waals surface area contributed by atoms with Crippen LogP contribution >= 0.6 is 0 Å². The second-order valence-corrected chi connectivity index (χ2v) is 2.91. The van der Waals surface area contributed by atoms with E-state index < -0.39 is 6.43 Å². The van der Waals surface area contributed by atoms with Gasteiger partial charge in [0.15, 0.2) is 0 Å². The molecule has 78 valence electrons. The van der Waals surface area contributed by atoms with Gasteiger partial charge in [-0.15, -0.1) is 0 Å². The minimum Gasteiger partial charge on any atom is -0.496 e. The molecule has 1 aromatic carbocycles. The Labute approximate surface area is 81.9 Å². The van der Waals surface area contributed by atoms with E-state index in [1.165, 1.54) is 13.2 Å². The monoisotopic (exact) mass is 201 g/mol. The van der Waals surface area contributed by atoms with Gasteiger partial charge in [0.2, 0.25) is 0 Å². The van der Waals surface area contributed by atoms with Crippen LogP contribution in [0.2, 0.25) is 0 Å². The highest BCUT2D eigenvalue weighted by Gasteiger charge is 2.13. The van der Waals surface area contributed by atoms with E-state index in [2.05, 4.69) is 5.32 Å². The third-order valence-corrected chi connectivity index (χ3v) is 1.91. The van der Waals surface area contributed by atoms with Gasteiger partial charge in [-0.05, 0) is 24.7 Å². The molecule has 0 atom stereocenters. The normalized spacial score (nSPS) is 10.6. The van der Waals surface area contributed by atoms with Crippen LogP contribution in [0.3, 0.4) is 0 Å². The molecule has 14 heavy (non-hydrogen) atoms. The van der Waals surface area contributed by atoms with E-state index in [1.54, 1.807) is 19.2 Å². The van der Waals surface area contributed by atoms with Crippen molar-refractivity contribution in [3.63, 3.8) is 0 Å². The van der Waals surface area contributed by atoms with Gasteiger partial charge in [0.25, 0.3) is 6.43 Å². The topological polar surface area (TPSA) is 21.3 Å². The molecule has 0 heterocycles. The Balaban J connectivity index is 3.01. The lowest BCUT2D eigenvalue weighted by molar-refractivity contribution is 0.147. The van der Waals surface area contributed by atoms with Crippen LogP contribution < -0.4 is 10.1 Å². The summed E-state index contributed by atoms with van der Waals surface area (Å²) in [5.74, 6) is 0.236. The lowest BCUT2D eigenvalue weighted by atomic mass is 10.1. The van der Waals surface area contributed by atoms with Crippen molar-refractivity contribution in [2.75, 3.05) is 14.2 Å². The van der Waals surface area contributed by atoms with Crippen LogP contribution in [0.25, 0.3) is 0 Å². The van der Waals surface area contributed by atoms with Gasteiger partial charge in [-0.3, -0.25) is 0 Å². The van der Waals surface area contributed by atoms with Crippen molar-refractivity contribution < 1.29 is 13.5 Å². The van der Waals surface area contributed by atoms with Gasteiger partial charge in [-0.1, -0.05) is 6.07 Å². The number of nitrogens with one attached hydrogen (secondary N) is 1. The molecule has 1 aromatic rings. The molecule has 0 bridgehead atoms. The summed E-state index contributed by atoms with van der Waals surface area (Å²) in [5.41, 5.74) is 0.767. The summed E-state index contributed by atoms with van der Waals surface area (Å²) in [4.78, 5) is 0. The van der Waals surface area contributed by atoms with Crippen molar-refractivity contribution in [2.45, 2.75) is 13.0 Å². The number of rotatable bonds is 4. The Morgan fingerprint density at radius 2 is 2.14 bits per heavy atom. The lowest BCUT2D eigenvalue weighted by Crippen LogP contribution is -2.05. The number of halogens is 2. The van der Waals surface area contributed by atoms with E-state index in [4.69, 9.17) is 4.74 Å². The van der Waals surface area contributed by atoms with Gasteiger partial charge in [0, 0.05) is 6.54 Å². The fourth-order valence-corrected chi connectivity index (χ4v) is 1.27. The standard InChI is InChI=1S/C10H13F2NO/c1-13-6-7-3-4-9(14-2)8(5-7)10(11)12/h3-5,10,13H,6H2,1-2H3. The van der Waals surface area contributed by atoms with Crippen LogP contribution in [0, 0.1) is 0 Å². The third-order valence-electron chi connectivity index (χ3n) is 1.91. The minimum absolute atomic E-state index is 0.0553. The maximum Gasteiger partial charge on any atom is 0.267 e. The van der Waals surface area contributed by atoms with E-state index in [0.29, 0.717) is 6.54 Å². The first-order valence-corrected chi connectivity index (χ1v) is 4.28. The molecule has 0 unspecified atom stereocenters. The molecule has 4 heteroatoms. The first kappa shape index (κ1) is 10.9. The number of benzene rings is 1. The molecule has 0 aliphatic carbocycles. The predicted molar refractivity (Wildman–Crippen MR) is 50.7 cm³/mol. The summed E-state index contributed by atoms with van der Waals surface area (Å²) in [7, 11) is 3.16. The van der Waals surface area contributed by atoms with Crippen LogP contribution in [0.1, 0.15) is 17.6 Å². The summed E-state index contributed by atoms with van der Waals surface area (Å²) in [5, 5.41) is 2.90. The average molecular weight is 201 g/mol. The molecular weight excluding hydrogens is 188 g/mol. The van der Waals surface area contributed by atoms with E-state index in [0.717, 1.165) is 5.56 Å². The highest BCUT2D eigenvalue weighted by atomic mass is 19.3. The maximum absolute atomic E-state index is 12.5. The van der Waals surface area contributed by atoms with Crippen molar-refractivity contribution >= 4 is 0 Å². The molecule has 0 aliphatic heterocycles. The first-order valence-electron chi connectivity index (χ1n) is 4.28. The van der Waals surface area contributed by atoms with E-state index in [9.17, 15) is 8.78 Å². The Morgan fingerprint density at radius 1 is 1.43 bits per heavy atom. The van der Waals surface area contributed by atoms with Crippen LogP contribution in [-0.2, 0) is 6.54 Å². The minimum atomic E-state index is -2.50. The Hall–Kier alpha value is -1.16. The summed E-state index contributed by atoms with van der Waals surface area (Å²) in [6.45, 7) is 0.573. The number of ether oxygens (including phenoxy) is 1. The van der Waals surface area contributed by atoms with Crippen molar-refractivity contribution in [2.24, 2.45) is 0 Å². The molecule has 0 saturated carbocycles. The molecule has 0 amide bonds. The molecule has 0 spiro atoms. The lowest BCUT2D eigenvalue weighted by Gasteiger charge is -2.09. The van der Waals surface area contributed by atoms with Crippen LogP contribution in [0.15, 0.2) is 18.2 Å².